The van der Waals surface area contributed by atoms with E-state index < -0.39 is 0 Å². The summed E-state index contributed by atoms with van der Waals surface area (Å²) < 4.78 is 0. The molecule has 0 saturated carbocycles. The van der Waals surface area contributed by atoms with Crippen LogP contribution in [0.3, 0.4) is 0 Å². The van der Waals surface area contributed by atoms with Gasteiger partial charge in [-0.25, -0.2) is 4.84 Å². The molecule has 0 unspecified atom stereocenters. The van der Waals surface area contributed by atoms with E-state index in [0.29, 0.717) is 5.75 Å². The van der Waals surface area contributed by atoms with E-state index in [1.165, 1.54) is 0 Å². The summed E-state index contributed by atoms with van der Waals surface area (Å²) in [6, 6.07) is 7.10. The van der Waals surface area contributed by atoms with Crippen LogP contribution in [0.4, 0.5) is 0 Å². The molecule has 60 valence electrons. The number of rotatable bonds is 3. The third-order valence-electron chi connectivity index (χ3n) is 1.44. The molecule has 0 aliphatic rings. The Balaban J connectivity index is 2.52. The van der Waals surface area contributed by atoms with Crippen molar-refractivity contribution in [2.75, 3.05) is 6.54 Å². The Hall–Kier alpha value is -0.730. The summed E-state index contributed by atoms with van der Waals surface area (Å²) in [5.41, 5.74) is 1.16. The standard InChI is InChI=1S/C8H10ClNO/c9-10-6-5-7-1-3-8(11)4-2-7/h1-4,10-11H,5-6H2. The van der Waals surface area contributed by atoms with E-state index in [4.69, 9.17) is 16.9 Å². The van der Waals surface area contributed by atoms with Gasteiger partial charge in [-0.15, -0.1) is 0 Å². The number of hydrogen-bond acceptors (Lipinski definition) is 2. The van der Waals surface area contributed by atoms with Crippen LogP contribution in [-0.4, -0.2) is 11.7 Å². The topological polar surface area (TPSA) is 32.3 Å². The lowest BCUT2D eigenvalue weighted by Crippen LogP contribution is -2.03. The summed E-state index contributed by atoms with van der Waals surface area (Å²) in [5, 5.41) is 8.94. The Bertz CT molecular complexity index is 210. The van der Waals surface area contributed by atoms with Crippen LogP contribution in [0.1, 0.15) is 5.56 Å². The Kier molecular flexibility index (Phi) is 3.20. The number of halogens is 1. The number of phenols is 1. The van der Waals surface area contributed by atoms with Crippen molar-refractivity contribution in [3.63, 3.8) is 0 Å². The van der Waals surface area contributed by atoms with E-state index >= 15 is 0 Å². The zero-order valence-electron chi connectivity index (χ0n) is 6.05. The molecule has 0 saturated heterocycles. The van der Waals surface area contributed by atoms with E-state index in [1.807, 2.05) is 12.1 Å². The summed E-state index contributed by atoms with van der Waals surface area (Å²) in [4.78, 5) is 2.54. The molecule has 1 aromatic rings. The summed E-state index contributed by atoms with van der Waals surface area (Å²) in [5.74, 6) is 0.299. The third kappa shape index (κ3) is 2.78. The molecule has 2 nitrogen and oxygen atoms in total. The Labute approximate surface area is 70.9 Å². The van der Waals surface area contributed by atoms with Crippen molar-refractivity contribution in [3.05, 3.63) is 29.8 Å². The maximum Gasteiger partial charge on any atom is 0.115 e. The predicted molar refractivity (Wildman–Crippen MR) is 45.7 cm³/mol. The molecule has 0 bridgehead atoms. The van der Waals surface area contributed by atoms with Crippen LogP contribution in [-0.2, 0) is 6.42 Å². The van der Waals surface area contributed by atoms with Gasteiger partial charge >= 0.3 is 0 Å². The highest BCUT2D eigenvalue weighted by atomic mass is 35.5. The number of phenolic OH excluding ortho intramolecular Hbond substituents is 1. The SMILES string of the molecule is Oc1ccc(CCNCl)cc1. The van der Waals surface area contributed by atoms with E-state index in [1.54, 1.807) is 12.1 Å². The van der Waals surface area contributed by atoms with Gasteiger partial charge in [0.15, 0.2) is 0 Å². The molecule has 0 aromatic heterocycles. The predicted octanol–water partition coefficient (Wildman–Crippen LogP) is 1.68. The molecule has 1 aromatic carbocycles. The van der Waals surface area contributed by atoms with Crippen molar-refractivity contribution in [1.29, 1.82) is 0 Å². The van der Waals surface area contributed by atoms with Crippen molar-refractivity contribution >= 4 is 11.8 Å². The van der Waals surface area contributed by atoms with Gasteiger partial charge in [0.2, 0.25) is 0 Å². The second-order valence-electron chi connectivity index (χ2n) is 2.30. The summed E-state index contributed by atoms with van der Waals surface area (Å²) in [6.45, 7) is 0.742. The maximum atomic E-state index is 8.94. The highest BCUT2D eigenvalue weighted by Gasteiger charge is 1.91. The van der Waals surface area contributed by atoms with Gasteiger partial charge in [0, 0.05) is 6.54 Å². The fourth-order valence-corrected chi connectivity index (χ4v) is 0.949. The highest BCUT2D eigenvalue weighted by Crippen LogP contribution is 2.09. The minimum absolute atomic E-state index is 0.299. The first kappa shape index (κ1) is 8.37. The molecule has 0 aliphatic heterocycles. The molecule has 3 heteroatoms. The molecular formula is C8H10ClNO. The molecule has 0 aliphatic carbocycles. The molecule has 2 N–H and O–H groups in total. The normalized spacial score (nSPS) is 9.91. The fourth-order valence-electron chi connectivity index (χ4n) is 0.854. The van der Waals surface area contributed by atoms with Crippen LogP contribution in [0.5, 0.6) is 5.75 Å². The molecule has 0 spiro atoms. The third-order valence-corrected chi connectivity index (χ3v) is 1.63. The highest BCUT2D eigenvalue weighted by molar-refractivity contribution is 6.13. The summed E-state index contributed by atoms with van der Waals surface area (Å²) in [7, 11) is 0. The van der Waals surface area contributed by atoms with E-state index in [-0.39, 0.29) is 0 Å². The molecular weight excluding hydrogens is 162 g/mol. The summed E-state index contributed by atoms with van der Waals surface area (Å²) >= 11 is 5.28. The number of benzene rings is 1. The van der Waals surface area contributed by atoms with Crippen molar-refractivity contribution in [2.45, 2.75) is 6.42 Å². The van der Waals surface area contributed by atoms with Gasteiger partial charge in [0.25, 0.3) is 0 Å². The molecule has 1 rings (SSSR count). The van der Waals surface area contributed by atoms with Gasteiger partial charge in [-0.05, 0) is 35.9 Å². The van der Waals surface area contributed by atoms with Crippen LogP contribution in [0, 0.1) is 0 Å². The summed E-state index contributed by atoms with van der Waals surface area (Å²) in [6.07, 6.45) is 0.879. The lowest BCUT2D eigenvalue weighted by atomic mass is 10.1. The molecule has 0 radical (unpaired) electrons. The van der Waals surface area contributed by atoms with E-state index in [0.717, 1.165) is 18.5 Å². The largest absolute Gasteiger partial charge is 0.508 e. The monoisotopic (exact) mass is 171 g/mol. The first-order valence-electron chi connectivity index (χ1n) is 3.44. The molecule has 0 amide bonds. The Morgan fingerprint density at radius 2 is 1.91 bits per heavy atom. The lowest BCUT2D eigenvalue weighted by Gasteiger charge is -1.98. The van der Waals surface area contributed by atoms with Crippen molar-refractivity contribution in [1.82, 2.24) is 4.84 Å². The number of aromatic hydroxyl groups is 1. The van der Waals surface area contributed by atoms with Gasteiger partial charge in [-0.1, -0.05) is 12.1 Å². The fraction of sp³-hybridized carbons (Fsp3) is 0.250. The van der Waals surface area contributed by atoms with E-state index in [2.05, 4.69) is 4.84 Å². The second kappa shape index (κ2) is 4.21. The van der Waals surface area contributed by atoms with Crippen molar-refractivity contribution < 1.29 is 5.11 Å². The first-order chi connectivity index (χ1) is 5.33. The van der Waals surface area contributed by atoms with Gasteiger partial charge in [-0.2, -0.15) is 0 Å². The average Bonchev–Trinajstić information content (AvgIpc) is 2.04. The number of nitrogens with one attached hydrogen (secondary N) is 1. The van der Waals surface area contributed by atoms with Crippen molar-refractivity contribution in [3.8, 4) is 5.75 Å². The smallest absolute Gasteiger partial charge is 0.115 e. The molecule has 0 atom stereocenters. The zero-order chi connectivity index (χ0) is 8.10. The van der Waals surface area contributed by atoms with Gasteiger partial charge in [0.1, 0.15) is 5.75 Å². The quantitative estimate of drug-likeness (QED) is 0.679. The molecule has 0 fully saturated rings. The zero-order valence-corrected chi connectivity index (χ0v) is 6.80. The van der Waals surface area contributed by atoms with Gasteiger partial charge in [0.05, 0.1) is 0 Å². The van der Waals surface area contributed by atoms with Crippen molar-refractivity contribution in [2.24, 2.45) is 0 Å². The van der Waals surface area contributed by atoms with Gasteiger partial charge in [-0.3, -0.25) is 0 Å². The second-order valence-corrected chi connectivity index (χ2v) is 2.57. The van der Waals surface area contributed by atoms with Gasteiger partial charge < -0.3 is 5.11 Å². The van der Waals surface area contributed by atoms with Crippen LogP contribution < -0.4 is 4.84 Å². The average molecular weight is 172 g/mol. The maximum absolute atomic E-state index is 8.94. The Morgan fingerprint density at radius 3 is 2.45 bits per heavy atom. The van der Waals surface area contributed by atoms with Crippen LogP contribution >= 0.6 is 11.8 Å². The molecule has 0 heterocycles. The number of hydrogen-bond donors (Lipinski definition) is 2. The van der Waals surface area contributed by atoms with Crippen LogP contribution in [0.25, 0.3) is 0 Å². The lowest BCUT2D eigenvalue weighted by molar-refractivity contribution is 0.475. The van der Waals surface area contributed by atoms with E-state index in [9.17, 15) is 0 Å². The van der Waals surface area contributed by atoms with Crippen LogP contribution in [0.15, 0.2) is 24.3 Å². The minimum atomic E-state index is 0.299. The minimum Gasteiger partial charge on any atom is -0.508 e. The molecule has 11 heavy (non-hydrogen) atoms. The van der Waals surface area contributed by atoms with Crippen LogP contribution in [0.2, 0.25) is 0 Å². The Morgan fingerprint density at radius 1 is 1.27 bits per heavy atom. The first-order valence-corrected chi connectivity index (χ1v) is 3.82.